The summed E-state index contributed by atoms with van der Waals surface area (Å²) in [5.74, 6) is 1.68. The summed E-state index contributed by atoms with van der Waals surface area (Å²) in [4.78, 5) is 17.9. The van der Waals surface area contributed by atoms with Gasteiger partial charge in [-0.05, 0) is 81.9 Å². The van der Waals surface area contributed by atoms with Gasteiger partial charge in [0.25, 0.3) is 0 Å². The molecule has 0 saturated carbocycles. The van der Waals surface area contributed by atoms with Gasteiger partial charge in [-0.1, -0.05) is 182 Å². The maximum absolute atomic E-state index is 6.88. The van der Waals surface area contributed by atoms with Crippen LogP contribution >= 0.6 is 0 Å². The van der Waals surface area contributed by atoms with Crippen LogP contribution in [0.2, 0.25) is 0 Å². The quantitative estimate of drug-likeness (QED) is 0.146. The van der Waals surface area contributed by atoms with Gasteiger partial charge in [0.1, 0.15) is 11.2 Å². The maximum Gasteiger partial charge on any atom is 0.167 e. The molecule has 0 bridgehead atoms. The van der Waals surface area contributed by atoms with Crippen molar-refractivity contribution in [3.63, 3.8) is 0 Å². The van der Waals surface area contributed by atoms with E-state index in [0.29, 0.717) is 23.1 Å². The summed E-state index contributed by atoms with van der Waals surface area (Å²) in [7, 11) is 0. The lowest BCUT2D eigenvalue weighted by Gasteiger charge is -2.26. The van der Waals surface area contributed by atoms with Crippen LogP contribution in [0.4, 0.5) is 17.1 Å². The lowest BCUT2D eigenvalue weighted by molar-refractivity contribution is 0.669. The number of anilines is 3. The Bertz CT molecular complexity index is 3310. The average Bonchev–Trinajstić information content (AvgIpc) is 3.76. The van der Waals surface area contributed by atoms with E-state index in [2.05, 4.69) is 199 Å². The fourth-order valence-corrected chi connectivity index (χ4v) is 8.28. The number of rotatable bonds is 9. The van der Waals surface area contributed by atoms with Gasteiger partial charge in [0.15, 0.2) is 17.5 Å². The highest BCUT2D eigenvalue weighted by Crippen LogP contribution is 2.46. The van der Waals surface area contributed by atoms with Crippen LogP contribution in [0.15, 0.2) is 235 Å². The van der Waals surface area contributed by atoms with E-state index in [4.69, 9.17) is 19.4 Å². The molecule has 0 aliphatic heterocycles. The minimum absolute atomic E-state index is 0.524. The number of fused-ring (bicyclic) bond motifs is 3. The van der Waals surface area contributed by atoms with Crippen molar-refractivity contribution in [1.82, 2.24) is 15.0 Å². The van der Waals surface area contributed by atoms with Crippen molar-refractivity contribution >= 4 is 39.0 Å². The molecule has 0 amide bonds. The molecular formula is C57H38N4O. The Balaban J connectivity index is 1.10. The van der Waals surface area contributed by atoms with Crippen LogP contribution in [0.1, 0.15) is 0 Å². The van der Waals surface area contributed by atoms with Gasteiger partial charge in [0.05, 0.1) is 16.6 Å². The third kappa shape index (κ3) is 6.97. The van der Waals surface area contributed by atoms with Crippen molar-refractivity contribution in [3.05, 3.63) is 231 Å². The first-order valence-electron chi connectivity index (χ1n) is 20.8. The van der Waals surface area contributed by atoms with E-state index in [1.807, 2.05) is 36.4 Å². The van der Waals surface area contributed by atoms with Crippen LogP contribution in [-0.2, 0) is 0 Å². The van der Waals surface area contributed by atoms with Crippen molar-refractivity contribution in [3.8, 4) is 67.5 Å². The number of hydrogen-bond donors (Lipinski definition) is 0. The molecule has 0 saturated heterocycles. The summed E-state index contributed by atoms with van der Waals surface area (Å²) in [5.41, 5.74) is 13.9. The second-order valence-electron chi connectivity index (χ2n) is 15.2. The van der Waals surface area contributed by atoms with Crippen LogP contribution in [0, 0.1) is 0 Å². The molecule has 0 N–H and O–H groups in total. The molecule has 0 aliphatic carbocycles. The Morgan fingerprint density at radius 2 is 0.774 bits per heavy atom. The minimum Gasteiger partial charge on any atom is -0.455 e. The normalized spacial score (nSPS) is 11.2. The molecule has 5 nitrogen and oxygen atoms in total. The first-order valence-corrected chi connectivity index (χ1v) is 20.8. The van der Waals surface area contributed by atoms with Crippen molar-refractivity contribution < 1.29 is 4.42 Å². The van der Waals surface area contributed by atoms with Crippen LogP contribution in [0.25, 0.3) is 89.5 Å². The summed E-state index contributed by atoms with van der Waals surface area (Å²) in [5, 5.41) is 1.97. The Kier molecular flexibility index (Phi) is 9.45. The van der Waals surface area contributed by atoms with Gasteiger partial charge >= 0.3 is 0 Å². The molecule has 9 aromatic carbocycles. The summed E-state index contributed by atoms with van der Waals surface area (Å²) < 4.78 is 6.88. The van der Waals surface area contributed by atoms with Crippen molar-refractivity contribution in [1.29, 1.82) is 0 Å². The zero-order valence-electron chi connectivity index (χ0n) is 33.6. The van der Waals surface area contributed by atoms with E-state index in [0.717, 1.165) is 77.9 Å². The van der Waals surface area contributed by atoms with Crippen LogP contribution in [0.5, 0.6) is 0 Å². The van der Waals surface area contributed by atoms with Crippen molar-refractivity contribution in [2.45, 2.75) is 0 Å². The number of aromatic nitrogens is 3. The Hall–Kier alpha value is -8.41. The van der Waals surface area contributed by atoms with E-state index >= 15 is 0 Å². The molecule has 0 atom stereocenters. The third-order valence-electron chi connectivity index (χ3n) is 11.3. The largest absolute Gasteiger partial charge is 0.455 e. The second kappa shape index (κ2) is 16.0. The highest BCUT2D eigenvalue weighted by Gasteiger charge is 2.24. The number of nitrogens with zero attached hydrogens (tertiary/aromatic N) is 4. The van der Waals surface area contributed by atoms with Gasteiger partial charge in [0, 0.05) is 27.9 Å². The first kappa shape index (κ1) is 36.7. The SMILES string of the molecule is c1ccc(-c2ccc(-c3nc(-c4cccc(-c5ccccc5)c4)nc(-c4ccc(N(c5ccccc5)c5ccc(-c6ccccc6)cc5)c5c4oc4ccccc45)n3)cc2)cc1. The van der Waals surface area contributed by atoms with Gasteiger partial charge in [-0.3, -0.25) is 0 Å². The maximum atomic E-state index is 6.88. The topological polar surface area (TPSA) is 55.1 Å². The van der Waals surface area contributed by atoms with Crippen LogP contribution in [-0.4, -0.2) is 15.0 Å². The molecule has 11 rings (SSSR count). The van der Waals surface area contributed by atoms with Gasteiger partial charge in [-0.25, -0.2) is 15.0 Å². The predicted octanol–water partition coefficient (Wildman–Crippen LogP) is 15.2. The highest BCUT2D eigenvalue weighted by molar-refractivity contribution is 6.16. The fraction of sp³-hybridized carbons (Fsp3) is 0. The number of benzene rings is 9. The zero-order valence-corrected chi connectivity index (χ0v) is 33.6. The number of hydrogen-bond acceptors (Lipinski definition) is 5. The fourth-order valence-electron chi connectivity index (χ4n) is 8.28. The molecule has 11 aromatic rings. The van der Waals surface area contributed by atoms with E-state index in [-0.39, 0.29) is 0 Å². The molecular weight excluding hydrogens is 757 g/mol. The Labute approximate surface area is 359 Å². The molecule has 0 aliphatic rings. The Morgan fingerprint density at radius 3 is 1.42 bits per heavy atom. The lowest BCUT2D eigenvalue weighted by atomic mass is 10.0. The highest BCUT2D eigenvalue weighted by atomic mass is 16.3. The number of para-hydroxylation sites is 2. The summed E-state index contributed by atoms with van der Waals surface area (Å²) in [6, 6.07) is 79.8. The predicted molar refractivity (Wildman–Crippen MR) is 254 cm³/mol. The number of furan rings is 1. The standard InChI is InChI=1S/C57H38N4O/c1-5-16-39(17-6-1)42-28-30-44(31-29-42)55-58-56(46-23-15-22-45(38-46)41-20-9-3-10-21-41)60-57(59-55)50-36-37-51(53-49-26-13-14-27-52(49)62-54(50)53)61(47-24-11-4-12-25-47)48-34-32-43(33-35-48)40-18-7-2-8-19-40/h1-38H. The van der Waals surface area contributed by atoms with E-state index < -0.39 is 0 Å². The van der Waals surface area contributed by atoms with E-state index in [1.165, 1.54) is 5.56 Å². The molecule has 5 heteroatoms. The van der Waals surface area contributed by atoms with Crippen molar-refractivity contribution in [2.75, 3.05) is 4.90 Å². The molecule has 0 radical (unpaired) electrons. The van der Waals surface area contributed by atoms with Crippen LogP contribution < -0.4 is 4.90 Å². The summed E-state index contributed by atoms with van der Waals surface area (Å²) >= 11 is 0. The molecule has 62 heavy (non-hydrogen) atoms. The second-order valence-corrected chi connectivity index (χ2v) is 15.2. The average molecular weight is 795 g/mol. The van der Waals surface area contributed by atoms with Crippen LogP contribution in [0.3, 0.4) is 0 Å². The lowest BCUT2D eigenvalue weighted by Crippen LogP contribution is -2.10. The third-order valence-corrected chi connectivity index (χ3v) is 11.3. The molecule has 0 unspecified atom stereocenters. The van der Waals surface area contributed by atoms with Gasteiger partial charge in [-0.15, -0.1) is 0 Å². The van der Waals surface area contributed by atoms with Gasteiger partial charge in [-0.2, -0.15) is 0 Å². The zero-order chi connectivity index (χ0) is 41.2. The molecule has 292 valence electrons. The smallest absolute Gasteiger partial charge is 0.167 e. The van der Waals surface area contributed by atoms with Gasteiger partial charge in [0.2, 0.25) is 0 Å². The molecule has 0 fully saturated rings. The van der Waals surface area contributed by atoms with E-state index in [1.54, 1.807) is 0 Å². The Morgan fingerprint density at radius 1 is 0.323 bits per heavy atom. The van der Waals surface area contributed by atoms with Gasteiger partial charge < -0.3 is 9.32 Å². The van der Waals surface area contributed by atoms with E-state index in [9.17, 15) is 0 Å². The molecule has 2 aromatic heterocycles. The minimum atomic E-state index is 0.524. The van der Waals surface area contributed by atoms with Crippen molar-refractivity contribution in [2.24, 2.45) is 0 Å². The molecule has 2 heterocycles. The monoisotopic (exact) mass is 794 g/mol. The first-order chi connectivity index (χ1) is 30.7. The molecule has 0 spiro atoms. The summed E-state index contributed by atoms with van der Waals surface area (Å²) in [6.45, 7) is 0. The summed E-state index contributed by atoms with van der Waals surface area (Å²) in [6.07, 6.45) is 0.